The molecular weight excluding hydrogens is 817 g/mol. The van der Waals surface area contributed by atoms with Crippen LogP contribution in [0.2, 0.25) is 0 Å². The van der Waals surface area contributed by atoms with Crippen molar-refractivity contribution in [2.45, 2.75) is 155 Å². The topological polar surface area (TPSA) is 43.2 Å². The fourth-order valence-electron chi connectivity index (χ4n) is 10.8. The first-order valence-electron chi connectivity index (χ1n) is 24.8. The lowest BCUT2D eigenvalue weighted by Gasteiger charge is -2.34. The van der Waals surface area contributed by atoms with Crippen molar-refractivity contribution in [3.8, 4) is 22.3 Å². The summed E-state index contributed by atoms with van der Waals surface area (Å²) in [6.45, 7) is 27.7. The summed E-state index contributed by atoms with van der Waals surface area (Å²) in [7, 11) is 0. The van der Waals surface area contributed by atoms with Crippen LogP contribution in [0.3, 0.4) is 0 Å². The molecule has 0 unspecified atom stereocenters. The van der Waals surface area contributed by atoms with Crippen molar-refractivity contribution in [2.24, 2.45) is 15.4 Å². The van der Waals surface area contributed by atoms with Gasteiger partial charge in [0.25, 0.3) is 0 Å². The molecule has 0 aromatic heterocycles. The van der Waals surface area contributed by atoms with Gasteiger partial charge < -0.3 is 9.47 Å². The number of ether oxygens (including phenoxy) is 2. The maximum absolute atomic E-state index is 7.24. The number of rotatable bonds is 8. The molecule has 2 heterocycles. The van der Waals surface area contributed by atoms with Gasteiger partial charge in [-0.1, -0.05) is 217 Å². The van der Waals surface area contributed by atoms with Gasteiger partial charge in [0, 0.05) is 12.8 Å². The fourth-order valence-corrected chi connectivity index (χ4v) is 10.8. The zero-order chi connectivity index (χ0) is 47.3. The second-order valence-corrected chi connectivity index (χ2v) is 24.3. The van der Waals surface area contributed by atoms with Crippen molar-refractivity contribution in [1.82, 2.24) is 0 Å². The lowest BCUT2D eigenvalue weighted by Crippen LogP contribution is -2.45. The lowest BCUT2D eigenvalue weighted by molar-refractivity contribution is 0.162. The molecule has 0 fully saturated rings. The Morgan fingerprint density at radius 2 is 0.731 bits per heavy atom. The highest BCUT2D eigenvalue weighted by Gasteiger charge is 2.55. The number of nitrogens with zero attached hydrogens (tertiary/aromatic N) is 2. The molecule has 0 bridgehead atoms. The van der Waals surface area contributed by atoms with Crippen LogP contribution in [0.4, 0.5) is 0 Å². The summed E-state index contributed by atoms with van der Waals surface area (Å²) in [6.07, 6.45) is 2.83. The van der Waals surface area contributed by atoms with Gasteiger partial charge in [0.1, 0.15) is 29.7 Å². The van der Waals surface area contributed by atoms with E-state index in [1.54, 1.807) is 0 Å². The van der Waals surface area contributed by atoms with Gasteiger partial charge in [-0.3, -0.25) is 0 Å². The third-order valence-corrected chi connectivity index (χ3v) is 15.1. The molecular formula is C63H70N2O2. The normalized spacial score (nSPS) is 20.1. The maximum atomic E-state index is 7.24. The molecule has 4 nitrogen and oxygen atoms in total. The van der Waals surface area contributed by atoms with E-state index in [1.165, 1.54) is 77.9 Å². The quantitative estimate of drug-likeness (QED) is 0.153. The second-order valence-electron chi connectivity index (χ2n) is 24.3. The second kappa shape index (κ2) is 16.2. The van der Waals surface area contributed by atoms with Crippen LogP contribution in [0.25, 0.3) is 22.3 Å². The highest BCUT2D eigenvalue weighted by Crippen LogP contribution is 2.50. The Bertz CT molecular complexity index is 2640. The van der Waals surface area contributed by atoms with Crippen LogP contribution in [-0.4, -0.2) is 24.0 Å². The molecule has 67 heavy (non-hydrogen) atoms. The Morgan fingerprint density at radius 1 is 0.403 bits per heavy atom. The predicted molar refractivity (Wildman–Crippen MR) is 279 cm³/mol. The van der Waals surface area contributed by atoms with Crippen molar-refractivity contribution >= 4 is 11.8 Å². The Hall–Kier alpha value is -5.74. The van der Waals surface area contributed by atoms with Crippen molar-refractivity contribution in [3.05, 3.63) is 189 Å². The lowest BCUT2D eigenvalue weighted by atomic mass is 9.75. The van der Waals surface area contributed by atoms with Gasteiger partial charge >= 0.3 is 0 Å². The van der Waals surface area contributed by atoms with Crippen LogP contribution in [0.1, 0.15) is 151 Å². The molecule has 344 valence electrons. The van der Waals surface area contributed by atoms with Crippen LogP contribution >= 0.6 is 0 Å². The molecule has 6 aromatic rings. The maximum Gasteiger partial charge on any atom is 0.201 e. The summed E-state index contributed by atoms with van der Waals surface area (Å²) in [4.78, 5) is 11.3. The third-order valence-electron chi connectivity index (χ3n) is 15.1. The standard InChI is InChI=1S/C63H70N2O2/c1-59(2,3)47-29-45(30-48(35-47)60(4,5)6)41-25-21-39(22-26-41)37-63(57-64-55-51-19-15-13-17-43(51)33-53(55)66-57,58-65-56-52-20-16-14-18-44(52)34-54(56)67-58)38-40-23-27-42(28-24-40)46-31-49(61(7,8)9)36-50(32-46)62(10,11)12/h13-32,35-36,53-56H,33-34,37-38H2,1-12H3/t53-,54-,55+,56+/m1/s1. The highest BCUT2D eigenvalue weighted by atomic mass is 16.5. The van der Waals surface area contributed by atoms with Gasteiger partial charge in [-0.2, -0.15) is 0 Å². The molecule has 2 aliphatic heterocycles. The van der Waals surface area contributed by atoms with Gasteiger partial charge in [-0.05, 0) is 112 Å². The van der Waals surface area contributed by atoms with E-state index in [2.05, 4.69) is 217 Å². The summed E-state index contributed by atoms with van der Waals surface area (Å²) in [5, 5.41) is 0. The SMILES string of the molecule is CC(C)(C)c1cc(-c2ccc(CC(Cc3ccc(-c4cc(C(C)(C)C)cc(C(C)(C)C)c4)cc3)(C3=N[C@H]4c5ccccc5C[C@H]4O3)C3=N[C@H]4c5ccccc5C[C@H]4O3)cc2)cc(C(C)(C)C)c1. The summed E-state index contributed by atoms with van der Waals surface area (Å²) >= 11 is 0. The Balaban J connectivity index is 1.09. The van der Waals surface area contributed by atoms with Gasteiger partial charge in [0.05, 0.1) is 0 Å². The average Bonchev–Trinajstić information content (AvgIpc) is 4.06. The molecule has 0 amide bonds. The molecule has 4 aliphatic rings. The van der Waals surface area contributed by atoms with Crippen LogP contribution in [0, 0.1) is 5.41 Å². The molecule has 0 saturated carbocycles. The van der Waals surface area contributed by atoms with Gasteiger partial charge in [-0.15, -0.1) is 0 Å². The predicted octanol–water partition coefficient (Wildman–Crippen LogP) is 15.2. The number of benzene rings is 6. The zero-order valence-corrected chi connectivity index (χ0v) is 42.1. The van der Waals surface area contributed by atoms with Crippen LogP contribution in [0.5, 0.6) is 0 Å². The van der Waals surface area contributed by atoms with Crippen LogP contribution in [0.15, 0.2) is 143 Å². The average molecular weight is 887 g/mol. The molecule has 4 atom stereocenters. The van der Waals surface area contributed by atoms with Crippen molar-refractivity contribution in [2.75, 3.05) is 0 Å². The number of fused-ring (bicyclic) bond motifs is 6. The van der Waals surface area contributed by atoms with Gasteiger partial charge in [0.2, 0.25) is 11.8 Å². The van der Waals surface area contributed by atoms with Gasteiger partial charge in [0.15, 0.2) is 0 Å². The van der Waals surface area contributed by atoms with Gasteiger partial charge in [-0.25, -0.2) is 9.98 Å². The Labute approximate surface area is 401 Å². The zero-order valence-electron chi connectivity index (χ0n) is 42.1. The van der Waals surface area contributed by atoms with E-state index in [0.29, 0.717) is 12.8 Å². The van der Waals surface area contributed by atoms with E-state index in [0.717, 1.165) is 24.6 Å². The van der Waals surface area contributed by atoms with E-state index < -0.39 is 5.41 Å². The van der Waals surface area contributed by atoms with E-state index in [1.807, 2.05) is 0 Å². The van der Waals surface area contributed by atoms with E-state index in [9.17, 15) is 0 Å². The highest BCUT2D eigenvalue weighted by molar-refractivity contribution is 6.07. The number of hydrogen-bond acceptors (Lipinski definition) is 4. The number of aliphatic imine (C=N–C) groups is 2. The molecule has 10 rings (SSSR count). The minimum atomic E-state index is -0.793. The minimum Gasteiger partial charge on any atom is -0.474 e. The first kappa shape index (κ1) is 45.1. The monoisotopic (exact) mass is 887 g/mol. The molecule has 0 saturated heterocycles. The Kier molecular flexibility index (Phi) is 10.9. The van der Waals surface area contributed by atoms with Crippen LogP contribution < -0.4 is 0 Å². The van der Waals surface area contributed by atoms with Crippen molar-refractivity contribution in [1.29, 1.82) is 0 Å². The van der Waals surface area contributed by atoms with E-state index in [-0.39, 0.29) is 46.0 Å². The fraction of sp³-hybridized carbons (Fsp3) is 0.397. The molecule has 4 heteroatoms. The van der Waals surface area contributed by atoms with E-state index >= 15 is 0 Å². The summed E-state index contributed by atoms with van der Waals surface area (Å²) in [5.74, 6) is 1.50. The molecule has 6 aromatic carbocycles. The van der Waals surface area contributed by atoms with Crippen LogP contribution in [-0.2, 0) is 56.8 Å². The van der Waals surface area contributed by atoms with Crippen molar-refractivity contribution < 1.29 is 9.47 Å². The first-order valence-corrected chi connectivity index (χ1v) is 24.8. The molecule has 2 aliphatic carbocycles. The summed E-state index contributed by atoms with van der Waals surface area (Å²) in [6, 6.07) is 50.2. The van der Waals surface area contributed by atoms with E-state index in [4.69, 9.17) is 19.5 Å². The molecule has 0 N–H and O–H groups in total. The summed E-state index contributed by atoms with van der Waals surface area (Å²) in [5.41, 5.74) is 17.3. The number of hydrogen-bond donors (Lipinski definition) is 0. The Morgan fingerprint density at radius 3 is 1.06 bits per heavy atom. The summed E-state index contributed by atoms with van der Waals surface area (Å²) < 4.78 is 14.5. The first-order chi connectivity index (χ1) is 31.6. The minimum absolute atomic E-state index is 0.0290. The smallest absolute Gasteiger partial charge is 0.201 e. The van der Waals surface area contributed by atoms with Crippen molar-refractivity contribution in [3.63, 3.8) is 0 Å². The largest absolute Gasteiger partial charge is 0.474 e. The molecule has 0 spiro atoms. The third kappa shape index (κ3) is 8.60. The molecule has 0 radical (unpaired) electrons.